The van der Waals surface area contributed by atoms with Gasteiger partial charge < -0.3 is 4.42 Å². The summed E-state index contributed by atoms with van der Waals surface area (Å²) in [6, 6.07) is 75.3. The van der Waals surface area contributed by atoms with Crippen molar-refractivity contribution in [1.82, 2.24) is 15.0 Å². The lowest BCUT2D eigenvalue weighted by Crippen LogP contribution is -2.14. The van der Waals surface area contributed by atoms with E-state index in [1.54, 1.807) is 0 Å². The van der Waals surface area contributed by atoms with Gasteiger partial charge in [-0.15, -0.1) is 0 Å². The molecule has 0 spiro atoms. The molecule has 1 aliphatic rings. The molecule has 0 bridgehead atoms. The van der Waals surface area contributed by atoms with Crippen LogP contribution in [0.1, 0.15) is 25.0 Å². The van der Waals surface area contributed by atoms with Gasteiger partial charge in [0.05, 0.1) is 0 Å². The summed E-state index contributed by atoms with van der Waals surface area (Å²) in [7, 11) is 0. The molecule has 64 heavy (non-hydrogen) atoms. The molecule has 0 atom stereocenters. The molecular formula is C60H41N3O. The predicted molar refractivity (Wildman–Crippen MR) is 263 cm³/mol. The van der Waals surface area contributed by atoms with Gasteiger partial charge in [0, 0.05) is 32.9 Å². The molecule has 0 saturated carbocycles. The molecule has 0 fully saturated rings. The van der Waals surface area contributed by atoms with Crippen LogP contribution in [0, 0.1) is 0 Å². The van der Waals surface area contributed by atoms with Crippen molar-refractivity contribution >= 4 is 21.9 Å². The molecule has 1 aliphatic carbocycles. The zero-order valence-corrected chi connectivity index (χ0v) is 35.5. The van der Waals surface area contributed by atoms with Crippen LogP contribution in [0.15, 0.2) is 217 Å². The van der Waals surface area contributed by atoms with E-state index < -0.39 is 0 Å². The molecule has 2 aromatic heterocycles. The minimum absolute atomic E-state index is 0.0758. The molecule has 0 N–H and O–H groups in total. The number of rotatable bonds is 7. The SMILES string of the molecule is CC1(C)c2ccccc2-c2cc(-c3cc(-c4ccccc4)cc(-c4ccc(-c5nc(-c6ccccc6)nc(-c6cccc7oc8ccccc8c67)n5)cc4)c3-c3ccccc3)ccc21. The maximum absolute atomic E-state index is 6.28. The van der Waals surface area contributed by atoms with Gasteiger partial charge in [0.15, 0.2) is 17.5 Å². The van der Waals surface area contributed by atoms with E-state index >= 15 is 0 Å². The lowest BCUT2D eigenvalue weighted by Gasteiger charge is -2.22. The van der Waals surface area contributed by atoms with Crippen LogP contribution < -0.4 is 0 Å². The molecule has 0 amide bonds. The maximum atomic E-state index is 6.28. The van der Waals surface area contributed by atoms with Crippen molar-refractivity contribution in [1.29, 1.82) is 0 Å². The Morgan fingerprint density at radius 3 is 1.56 bits per heavy atom. The van der Waals surface area contributed by atoms with Crippen molar-refractivity contribution in [3.05, 3.63) is 223 Å². The first-order valence-corrected chi connectivity index (χ1v) is 21.8. The van der Waals surface area contributed by atoms with Gasteiger partial charge >= 0.3 is 0 Å². The van der Waals surface area contributed by atoms with E-state index in [1.165, 1.54) is 44.5 Å². The third-order valence-electron chi connectivity index (χ3n) is 13.0. The highest BCUT2D eigenvalue weighted by atomic mass is 16.3. The second-order valence-corrected chi connectivity index (χ2v) is 17.1. The average Bonchev–Trinajstić information content (AvgIpc) is 3.86. The number of fused-ring (bicyclic) bond motifs is 6. The molecule has 302 valence electrons. The first-order valence-electron chi connectivity index (χ1n) is 21.8. The van der Waals surface area contributed by atoms with Gasteiger partial charge in [0.2, 0.25) is 0 Å². The van der Waals surface area contributed by atoms with Crippen molar-refractivity contribution in [2.75, 3.05) is 0 Å². The summed E-state index contributed by atoms with van der Waals surface area (Å²) in [6.45, 7) is 4.68. The second-order valence-electron chi connectivity index (χ2n) is 17.1. The van der Waals surface area contributed by atoms with Crippen molar-refractivity contribution in [2.24, 2.45) is 0 Å². The van der Waals surface area contributed by atoms with Gasteiger partial charge in [0.25, 0.3) is 0 Å². The monoisotopic (exact) mass is 819 g/mol. The Balaban J connectivity index is 1.04. The van der Waals surface area contributed by atoms with Gasteiger partial charge in [-0.25, -0.2) is 15.0 Å². The first-order chi connectivity index (χ1) is 31.5. The second kappa shape index (κ2) is 15.0. The molecular weight excluding hydrogens is 779 g/mol. The molecule has 0 saturated heterocycles. The number of benzene rings is 9. The highest BCUT2D eigenvalue weighted by Crippen LogP contribution is 2.51. The number of furan rings is 1. The zero-order valence-electron chi connectivity index (χ0n) is 35.5. The molecule has 0 unspecified atom stereocenters. The molecule has 2 heterocycles. The third kappa shape index (κ3) is 6.26. The summed E-state index contributed by atoms with van der Waals surface area (Å²) in [5.41, 5.74) is 18.9. The molecule has 9 aromatic carbocycles. The molecule has 11 aromatic rings. The summed E-state index contributed by atoms with van der Waals surface area (Å²) in [5, 5.41) is 2.02. The fourth-order valence-electron chi connectivity index (χ4n) is 9.80. The summed E-state index contributed by atoms with van der Waals surface area (Å²) < 4.78 is 6.28. The van der Waals surface area contributed by atoms with Crippen LogP contribution in [0.25, 0.3) is 112 Å². The molecule has 4 nitrogen and oxygen atoms in total. The normalized spacial score (nSPS) is 12.7. The third-order valence-corrected chi connectivity index (χ3v) is 13.0. The Labute approximate surface area is 372 Å². The minimum Gasteiger partial charge on any atom is -0.456 e. The lowest BCUT2D eigenvalue weighted by atomic mass is 9.81. The topological polar surface area (TPSA) is 51.8 Å². The fourth-order valence-corrected chi connectivity index (χ4v) is 9.80. The van der Waals surface area contributed by atoms with Gasteiger partial charge in [-0.05, 0) is 97.1 Å². The van der Waals surface area contributed by atoms with Crippen LogP contribution in [-0.4, -0.2) is 15.0 Å². The Hall–Kier alpha value is -8.21. The van der Waals surface area contributed by atoms with E-state index in [9.17, 15) is 0 Å². The summed E-state index contributed by atoms with van der Waals surface area (Å²) in [5.74, 6) is 1.81. The van der Waals surface area contributed by atoms with Gasteiger partial charge in [0.1, 0.15) is 11.2 Å². The van der Waals surface area contributed by atoms with Crippen LogP contribution in [0.4, 0.5) is 0 Å². The van der Waals surface area contributed by atoms with E-state index in [1.807, 2.05) is 60.7 Å². The standard InChI is InChI=1S/C60H41N3O/c1-60(2)51-26-14-12-23-45(51)50-35-43(33-34-52(50)60)49-37-44(38-17-6-3-7-18-38)36-48(55(49)40-19-8-4-9-20-40)39-29-31-42(32-30-39)58-61-57(41-21-10-5-11-22-41)62-59(63-58)47-25-16-28-54-56(47)46-24-13-15-27-53(46)64-54/h3-37H,1-2H3. The van der Waals surface area contributed by atoms with E-state index in [2.05, 4.69) is 166 Å². The fraction of sp³-hybridized carbons (Fsp3) is 0.0500. The van der Waals surface area contributed by atoms with E-state index in [-0.39, 0.29) is 5.41 Å². The maximum Gasteiger partial charge on any atom is 0.164 e. The van der Waals surface area contributed by atoms with Gasteiger partial charge in [-0.3, -0.25) is 0 Å². The van der Waals surface area contributed by atoms with Gasteiger partial charge in [-0.1, -0.05) is 196 Å². The van der Waals surface area contributed by atoms with Crippen LogP contribution in [0.2, 0.25) is 0 Å². The molecule has 0 aliphatic heterocycles. The Morgan fingerprint density at radius 1 is 0.328 bits per heavy atom. The van der Waals surface area contributed by atoms with Crippen LogP contribution in [0.3, 0.4) is 0 Å². The van der Waals surface area contributed by atoms with E-state index in [0.29, 0.717) is 17.5 Å². The highest BCUT2D eigenvalue weighted by Gasteiger charge is 2.35. The molecule has 0 radical (unpaired) electrons. The van der Waals surface area contributed by atoms with Crippen molar-refractivity contribution < 1.29 is 4.42 Å². The number of aromatic nitrogens is 3. The largest absolute Gasteiger partial charge is 0.456 e. The van der Waals surface area contributed by atoms with E-state index in [0.717, 1.165) is 60.9 Å². The lowest BCUT2D eigenvalue weighted by molar-refractivity contribution is 0.660. The predicted octanol–water partition coefficient (Wildman–Crippen LogP) is 15.7. The Morgan fingerprint density at radius 2 is 0.828 bits per heavy atom. The quantitative estimate of drug-likeness (QED) is 0.161. The van der Waals surface area contributed by atoms with Crippen LogP contribution >= 0.6 is 0 Å². The summed E-state index contributed by atoms with van der Waals surface area (Å²) in [6.07, 6.45) is 0. The van der Waals surface area contributed by atoms with Crippen molar-refractivity contribution in [3.63, 3.8) is 0 Å². The molecule has 12 rings (SSSR count). The van der Waals surface area contributed by atoms with Crippen LogP contribution in [-0.2, 0) is 5.41 Å². The average molecular weight is 820 g/mol. The highest BCUT2D eigenvalue weighted by molar-refractivity contribution is 6.11. The smallest absolute Gasteiger partial charge is 0.164 e. The van der Waals surface area contributed by atoms with Crippen molar-refractivity contribution in [2.45, 2.75) is 19.3 Å². The van der Waals surface area contributed by atoms with Gasteiger partial charge in [-0.2, -0.15) is 0 Å². The van der Waals surface area contributed by atoms with Crippen molar-refractivity contribution in [3.8, 4) is 89.8 Å². The minimum atomic E-state index is -0.0758. The van der Waals surface area contributed by atoms with E-state index in [4.69, 9.17) is 19.4 Å². The summed E-state index contributed by atoms with van der Waals surface area (Å²) in [4.78, 5) is 15.4. The first kappa shape index (κ1) is 37.5. The number of nitrogens with zero attached hydrogens (tertiary/aromatic N) is 3. The number of hydrogen-bond acceptors (Lipinski definition) is 4. The Kier molecular flexibility index (Phi) is 8.80. The molecule has 4 heteroatoms. The number of para-hydroxylation sites is 1. The van der Waals surface area contributed by atoms with Crippen LogP contribution in [0.5, 0.6) is 0 Å². The number of hydrogen-bond donors (Lipinski definition) is 0. The zero-order chi connectivity index (χ0) is 42.8. The summed E-state index contributed by atoms with van der Waals surface area (Å²) >= 11 is 0. The Bertz CT molecular complexity index is 3560.